The first kappa shape index (κ1) is 53.4. The zero-order valence-corrected chi connectivity index (χ0v) is 38.0. The Morgan fingerprint density at radius 2 is 0.638 bits per heavy atom. The molecule has 4 atom stereocenters. The number of halogens is 2. The number of nitrogens with zero attached hydrogens (tertiary/aromatic N) is 4. The number of hydrogen-bond acceptors (Lipinski definition) is 24. The number of aliphatic hydroxyl groups is 2. The molecule has 4 aromatic heterocycles. The molecule has 28 nitrogen and oxygen atoms in total. The summed E-state index contributed by atoms with van der Waals surface area (Å²) in [6.45, 7) is -9.29. The molecule has 0 amide bonds. The summed E-state index contributed by atoms with van der Waals surface area (Å²) >= 11 is 0. The standard InChI is InChI=1S/C36H41F2N6O22P3/c37-39-13-19(15-45)17-65-68(57,58)63-7-3-43-33(51)25-9-21-22(10-26(25)34(43)52)30(48)41(29(21)47)1-5-61-67(55,56)62-6-2-42-31(49)23-11-27-28(12-24(23)32(42)50)36(54)44(35(27)53)4-8-64-69(59,60)66-18-20(16-46)14-40-38/h9-12,19-20,39-40,45-46H,1-8,13-18H2,(H,55,56)(H,57,58)(H,59,60)/p-3. The largest absolute Gasteiger partial charge is 0.756 e. The predicted molar refractivity (Wildman–Crippen MR) is 228 cm³/mol. The van der Waals surface area contributed by atoms with E-state index in [1.807, 2.05) is 0 Å². The van der Waals surface area contributed by atoms with E-state index >= 15 is 0 Å². The van der Waals surface area contributed by atoms with E-state index in [0.717, 1.165) is 24.3 Å². The molecule has 33 heteroatoms. The van der Waals surface area contributed by atoms with Gasteiger partial charge in [-0.3, -0.25) is 70.3 Å². The van der Waals surface area contributed by atoms with Crippen molar-refractivity contribution in [3.05, 3.63) is 107 Å². The van der Waals surface area contributed by atoms with Gasteiger partial charge in [-0.1, -0.05) is 0 Å². The smallest absolute Gasteiger partial charge is 0.267 e. The maximum Gasteiger partial charge on any atom is 0.267 e. The SMILES string of the molecule is O=c1c2cc3c(=O)n(CCOP(=O)([O-])OCC(CO)CNF)c(=O)c3cc2c(=O)n1CCOP(=O)([O-])OCCn1c(=O)c2cc3c(=O)n(CCOP(=O)([O-])OCC(CO)CNF)c(=O)c3cc2c1=O. The van der Waals surface area contributed by atoms with Gasteiger partial charge in [-0.15, -0.1) is 8.96 Å². The molecular formula is C36H38F2N6O22P3-3. The van der Waals surface area contributed by atoms with Crippen LogP contribution in [0.4, 0.5) is 8.96 Å². The second-order valence-electron chi connectivity index (χ2n) is 15.0. The molecule has 4 unspecified atom stereocenters. The van der Waals surface area contributed by atoms with Crippen LogP contribution in [0.3, 0.4) is 0 Å². The summed E-state index contributed by atoms with van der Waals surface area (Å²) in [5.41, 5.74) is -5.42. The second-order valence-corrected chi connectivity index (χ2v) is 19.2. The van der Waals surface area contributed by atoms with Crippen LogP contribution in [0.15, 0.2) is 62.6 Å². The van der Waals surface area contributed by atoms with Crippen molar-refractivity contribution in [2.75, 3.05) is 65.9 Å². The van der Waals surface area contributed by atoms with Crippen LogP contribution < -0.4 is 70.2 Å². The average Bonchev–Trinajstić information content (AvgIpc) is 3.87. The quantitative estimate of drug-likeness (QED) is 0.0266. The number of rotatable bonds is 28. The fourth-order valence-corrected chi connectivity index (χ4v) is 9.24. The first-order chi connectivity index (χ1) is 32.6. The van der Waals surface area contributed by atoms with Crippen molar-refractivity contribution in [1.82, 2.24) is 29.3 Å². The molecule has 0 saturated heterocycles. The van der Waals surface area contributed by atoms with Crippen molar-refractivity contribution in [1.29, 1.82) is 0 Å². The van der Waals surface area contributed by atoms with Crippen molar-refractivity contribution in [2.45, 2.75) is 26.2 Å². The third kappa shape index (κ3) is 11.8. The highest BCUT2D eigenvalue weighted by Crippen LogP contribution is 2.40. The van der Waals surface area contributed by atoms with Crippen molar-refractivity contribution in [3.8, 4) is 0 Å². The zero-order chi connectivity index (χ0) is 50.6. The van der Waals surface area contributed by atoms with Crippen LogP contribution in [0.1, 0.15) is 0 Å². The van der Waals surface area contributed by atoms with Gasteiger partial charge in [0.2, 0.25) is 0 Å². The molecule has 4 heterocycles. The average molecular weight is 1040 g/mol. The van der Waals surface area contributed by atoms with Gasteiger partial charge < -0.3 is 52.0 Å². The van der Waals surface area contributed by atoms with Crippen molar-refractivity contribution >= 4 is 66.6 Å². The summed E-state index contributed by atoms with van der Waals surface area (Å²) in [6.07, 6.45) is 0. The van der Waals surface area contributed by atoms with Gasteiger partial charge in [0.15, 0.2) is 0 Å². The van der Waals surface area contributed by atoms with E-state index in [2.05, 4.69) is 18.1 Å². The summed E-state index contributed by atoms with van der Waals surface area (Å²) in [6, 6.07) is 3.84. The van der Waals surface area contributed by atoms with Gasteiger partial charge >= 0.3 is 0 Å². The van der Waals surface area contributed by atoms with E-state index in [1.165, 1.54) is 11.1 Å². The first-order valence-electron chi connectivity index (χ1n) is 20.1. The number of aliphatic hydroxyl groups excluding tert-OH is 2. The lowest BCUT2D eigenvalue weighted by Gasteiger charge is -2.24. The van der Waals surface area contributed by atoms with Gasteiger partial charge in [0, 0.05) is 38.1 Å². The molecular weight excluding hydrogens is 999 g/mol. The number of phosphoric acid groups is 3. The van der Waals surface area contributed by atoms with Gasteiger partial charge in [-0.25, -0.2) is 0 Å². The van der Waals surface area contributed by atoms with E-state index in [4.69, 9.17) is 19.3 Å². The topological polar surface area (TPSA) is 397 Å². The normalized spacial score (nSPS) is 15.9. The lowest BCUT2D eigenvalue weighted by Crippen LogP contribution is -2.29. The minimum atomic E-state index is -5.27. The predicted octanol–water partition coefficient (Wildman–Crippen LogP) is -4.49. The molecule has 0 aliphatic carbocycles. The van der Waals surface area contributed by atoms with Gasteiger partial charge in [0.25, 0.3) is 67.9 Å². The van der Waals surface area contributed by atoms with Crippen LogP contribution in [0, 0.1) is 11.8 Å². The number of aromatic nitrogens is 4. The minimum Gasteiger partial charge on any atom is -0.756 e. The van der Waals surface area contributed by atoms with E-state index in [0.29, 0.717) is 18.3 Å². The molecule has 6 rings (SSSR count). The lowest BCUT2D eigenvalue weighted by atomic mass is 10.1. The van der Waals surface area contributed by atoms with Gasteiger partial charge in [-0.05, 0) is 24.3 Å². The Balaban J connectivity index is 1.05. The van der Waals surface area contributed by atoms with Crippen molar-refractivity contribution in [2.24, 2.45) is 11.8 Å². The van der Waals surface area contributed by atoms with Crippen molar-refractivity contribution < 1.29 is 74.7 Å². The molecule has 0 aliphatic rings. The number of hydrogen-bond donors (Lipinski definition) is 4. The van der Waals surface area contributed by atoms with E-state index in [-0.39, 0.29) is 43.1 Å². The fraction of sp³-hybridized carbons (Fsp3) is 0.444. The van der Waals surface area contributed by atoms with E-state index in [9.17, 15) is 75.7 Å². The third-order valence-electron chi connectivity index (χ3n) is 10.6. The maximum atomic E-state index is 13.2. The van der Waals surface area contributed by atoms with Gasteiger partial charge in [0.05, 0.1) is 109 Å². The highest BCUT2D eigenvalue weighted by molar-refractivity contribution is 7.46. The molecule has 69 heavy (non-hydrogen) atoms. The monoisotopic (exact) mass is 1040 g/mol. The molecule has 4 N–H and O–H groups in total. The molecule has 0 aliphatic heterocycles. The highest BCUT2D eigenvalue weighted by atomic mass is 31.2. The highest BCUT2D eigenvalue weighted by Gasteiger charge is 2.24. The molecule has 376 valence electrons. The van der Waals surface area contributed by atoms with Crippen LogP contribution in [-0.4, -0.2) is 94.4 Å². The summed E-state index contributed by atoms with van der Waals surface area (Å²) in [5.74, 6) is -1.89. The summed E-state index contributed by atoms with van der Waals surface area (Å²) in [5, 5.41) is 15.7. The Kier molecular flexibility index (Phi) is 17.0. The molecule has 0 saturated carbocycles. The number of fused-ring (bicyclic) bond motifs is 4. The van der Waals surface area contributed by atoms with Gasteiger partial charge in [0.1, 0.15) is 0 Å². The third-order valence-corrected chi connectivity index (χ3v) is 13.5. The summed E-state index contributed by atoms with van der Waals surface area (Å²) in [7, 11) is -15.3. The Morgan fingerprint density at radius 1 is 0.435 bits per heavy atom. The molecule has 0 bridgehead atoms. The Bertz CT molecular complexity index is 3090. The van der Waals surface area contributed by atoms with E-state index < -0.39 is 172 Å². The number of nitrogens with one attached hydrogen (secondary N) is 2. The fourth-order valence-electron chi connectivity index (χ4n) is 7.01. The van der Waals surface area contributed by atoms with Gasteiger partial charge in [-0.2, -0.15) is 11.1 Å². The molecule has 6 aromatic rings. The number of phosphoric ester groups is 3. The zero-order valence-electron chi connectivity index (χ0n) is 35.3. The van der Waals surface area contributed by atoms with Crippen molar-refractivity contribution in [3.63, 3.8) is 0 Å². The second kappa shape index (κ2) is 22.0. The number of benzene rings is 2. The summed E-state index contributed by atoms with van der Waals surface area (Å²) < 4.78 is 91.5. The molecule has 2 aromatic carbocycles. The van der Waals surface area contributed by atoms with Crippen LogP contribution in [0.2, 0.25) is 0 Å². The molecule has 0 fully saturated rings. The maximum absolute atomic E-state index is 13.2. The van der Waals surface area contributed by atoms with Crippen LogP contribution in [0.25, 0.3) is 43.1 Å². The Morgan fingerprint density at radius 3 is 0.826 bits per heavy atom. The first-order valence-corrected chi connectivity index (χ1v) is 24.5. The molecule has 0 spiro atoms. The van der Waals surface area contributed by atoms with E-state index in [1.54, 1.807) is 0 Å². The molecule has 0 radical (unpaired) electrons. The van der Waals surface area contributed by atoms with Crippen LogP contribution >= 0.6 is 23.5 Å². The Hall–Kier alpha value is -4.97. The van der Waals surface area contributed by atoms with Crippen LogP contribution in [0.5, 0.6) is 0 Å². The lowest BCUT2D eigenvalue weighted by molar-refractivity contribution is -0.228. The van der Waals surface area contributed by atoms with Crippen LogP contribution in [-0.2, 0) is 67.0 Å². The summed E-state index contributed by atoms with van der Waals surface area (Å²) in [4.78, 5) is 142. The minimum absolute atomic E-state index is 0.319. The Labute approximate surface area is 381 Å².